The van der Waals surface area contributed by atoms with Crippen LogP contribution in [-0.2, 0) is 6.42 Å². The van der Waals surface area contributed by atoms with E-state index in [2.05, 4.69) is 48.9 Å². The summed E-state index contributed by atoms with van der Waals surface area (Å²) < 4.78 is 1.16. The summed E-state index contributed by atoms with van der Waals surface area (Å²) in [6, 6.07) is 7.29. The smallest absolute Gasteiger partial charge is 0.0628 e. The molecule has 0 saturated carbocycles. The molecule has 3 aliphatic rings. The summed E-state index contributed by atoms with van der Waals surface area (Å²) in [5.74, 6) is 0. The lowest BCUT2D eigenvalue weighted by atomic mass is 9.90. The van der Waals surface area contributed by atoms with Crippen LogP contribution in [0.2, 0.25) is 0 Å². The number of halogens is 1. The second kappa shape index (κ2) is 5.08. The first-order valence-corrected chi connectivity index (χ1v) is 9.40. The van der Waals surface area contributed by atoms with Crippen LogP contribution >= 0.6 is 15.9 Å². The SMILES string of the molecule is Brc1ccc2c3c([nH]c2c1)[C@H]1CCN2CCCC[C@H]2N1CC3. The van der Waals surface area contributed by atoms with Crippen molar-refractivity contribution in [3.05, 3.63) is 33.9 Å². The number of aromatic nitrogens is 1. The van der Waals surface area contributed by atoms with Gasteiger partial charge in [0.05, 0.1) is 12.2 Å². The monoisotopic (exact) mass is 359 g/mol. The Kier molecular flexibility index (Phi) is 3.14. The predicted octanol–water partition coefficient (Wildman–Crippen LogP) is 4.05. The van der Waals surface area contributed by atoms with E-state index in [-0.39, 0.29) is 0 Å². The number of H-pyrrole nitrogens is 1. The molecule has 0 amide bonds. The quantitative estimate of drug-likeness (QED) is 0.766. The zero-order chi connectivity index (χ0) is 14.7. The van der Waals surface area contributed by atoms with E-state index in [4.69, 9.17) is 0 Å². The van der Waals surface area contributed by atoms with E-state index in [0.29, 0.717) is 12.2 Å². The van der Waals surface area contributed by atoms with Crippen molar-refractivity contribution < 1.29 is 0 Å². The number of rotatable bonds is 0. The van der Waals surface area contributed by atoms with Crippen LogP contribution in [0.4, 0.5) is 0 Å². The molecule has 22 heavy (non-hydrogen) atoms. The number of hydrogen-bond acceptors (Lipinski definition) is 2. The maximum atomic E-state index is 3.76. The van der Waals surface area contributed by atoms with E-state index in [9.17, 15) is 0 Å². The third-order valence-corrected chi connectivity index (χ3v) is 6.40. The largest absolute Gasteiger partial charge is 0.357 e. The highest BCUT2D eigenvalue weighted by atomic mass is 79.9. The molecule has 2 aromatic rings. The van der Waals surface area contributed by atoms with Gasteiger partial charge < -0.3 is 4.98 Å². The van der Waals surface area contributed by atoms with Crippen molar-refractivity contribution in [1.29, 1.82) is 0 Å². The molecule has 0 radical (unpaired) electrons. The van der Waals surface area contributed by atoms with Crippen molar-refractivity contribution in [3.63, 3.8) is 0 Å². The van der Waals surface area contributed by atoms with Crippen LogP contribution in [0.25, 0.3) is 10.9 Å². The zero-order valence-electron chi connectivity index (χ0n) is 12.8. The van der Waals surface area contributed by atoms with Gasteiger partial charge in [-0.15, -0.1) is 0 Å². The summed E-state index contributed by atoms with van der Waals surface area (Å²) in [4.78, 5) is 9.27. The van der Waals surface area contributed by atoms with Gasteiger partial charge in [0.2, 0.25) is 0 Å². The molecule has 5 rings (SSSR count). The summed E-state index contributed by atoms with van der Waals surface area (Å²) >= 11 is 3.60. The van der Waals surface area contributed by atoms with Gasteiger partial charge in [-0.2, -0.15) is 0 Å². The molecule has 116 valence electrons. The van der Waals surface area contributed by atoms with Crippen LogP contribution in [0, 0.1) is 0 Å². The Bertz CT molecular complexity index is 722. The summed E-state index contributed by atoms with van der Waals surface area (Å²) in [6.07, 6.45) is 7.31. The fourth-order valence-electron chi connectivity index (χ4n) is 4.93. The number of piperidine rings is 1. The third-order valence-electron chi connectivity index (χ3n) is 5.91. The molecule has 0 aliphatic carbocycles. The normalized spacial score (nSPS) is 29.1. The van der Waals surface area contributed by atoms with Crippen molar-refractivity contribution in [1.82, 2.24) is 14.8 Å². The van der Waals surface area contributed by atoms with Gasteiger partial charge in [-0.3, -0.25) is 9.80 Å². The summed E-state index contributed by atoms with van der Waals surface area (Å²) in [6.45, 7) is 3.80. The minimum atomic E-state index is 0.606. The highest BCUT2D eigenvalue weighted by Gasteiger charge is 2.41. The van der Waals surface area contributed by atoms with E-state index in [1.165, 1.54) is 68.3 Å². The summed E-state index contributed by atoms with van der Waals surface area (Å²) in [5, 5.41) is 1.43. The van der Waals surface area contributed by atoms with Gasteiger partial charge in [-0.25, -0.2) is 0 Å². The lowest BCUT2D eigenvalue weighted by Gasteiger charge is -2.52. The minimum absolute atomic E-state index is 0.606. The van der Waals surface area contributed by atoms with Crippen molar-refractivity contribution in [2.75, 3.05) is 19.6 Å². The maximum Gasteiger partial charge on any atom is 0.0628 e. The lowest BCUT2D eigenvalue weighted by Crippen LogP contribution is -2.58. The van der Waals surface area contributed by atoms with Crippen LogP contribution in [0.5, 0.6) is 0 Å². The Labute approximate surface area is 139 Å². The molecule has 0 unspecified atom stereocenters. The van der Waals surface area contributed by atoms with Gasteiger partial charge in [0, 0.05) is 34.2 Å². The highest BCUT2D eigenvalue weighted by Crippen LogP contribution is 2.42. The van der Waals surface area contributed by atoms with E-state index in [1.807, 2.05) is 0 Å². The Morgan fingerprint density at radius 1 is 1.09 bits per heavy atom. The van der Waals surface area contributed by atoms with Crippen molar-refractivity contribution >= 4 is 26.8 Å². The average Bonchev–Trinajstić information content (AvgIpc) is 2.92. The molecule has 2 fully saturated rings. The number of fused-ring (bicyclic) bond motifs is 7. The second-order valence-corrected chi connectivity index (χ2v) is 7.93. The standard InChI is InChI=1S/C18H22BrN3/c19-12-4-5-13-14-6-10-22-16(18(14)20-15(13)11-12)7-9-21-8-2-1-3-17(21)22/h4-5,11,16-17,20H,1-3,6-10H2/t16-,17-/m1/s1. The van der Waals surface area contributed by atoms with Crippen molar-refractivity contribution in [2.24, 2.45) is 0 Å². The molecule has 3 nitrogen and oxygen atoms in total. The van der Waals surface area contributed by atoms with Gasteiger partial charge in [0.1, 0.15) is 0 Å². The molecule has 0 bridgehead atoms. The van der Waals surface area contributed by atoms with Crippen LogP contribution in [-0.4, -0.2) is 40.6 Å². The molecular formula is C18H22BrN3. The first kappa shape index (κ1) is 13.6. The molecule has 4 heteroatoms. The predicted molar refractivity (Wildman–Crippen MR) is 93.0 cm³/mol. The van der Waals surface area contributed by atoms with Gasteiger partial charge in [0.15, 0.2) is 0 Å². The van der Waals surface area contributed by atoms with E-state index >= 15 is 0 Å². The number of aromatic amines is 1. The molecular weight excluding hydrogens is 338 g/mol. The molecule has 1 aromatic carbocycles. The van der Waals surface area contributed by atoms with Gasteiger partial charge in [-0.05, 0) is 56.3 Å². The average molecular weight is 360 g/mol. The molecule has 4 heterocycles. The number of benzene rings is 1. The van der Waals surface area contributed by atoms with Gasteiger partial charge >= 0.3 is 0 Å². The van der Waals surface area contributed by atoms with Crippen molar-refractivity contribution in [3.8, 4) is 0 Å². The van der Waals surface area contributed by atoms with Crippen molar-refractivity contribution in [2.45, 2.75) is 44.3 Å². The summed E-state index contributed by atoms with van der Waals surface area (Å²) in [7, 11) is 0. The third kappa shape index (κ3) is 1.93. The van der Waals surface area contributed by atoms with Crippen LogP contribution < -0.4 is 0 Å². The molecule has 2 saturated heterocycles. The van der Waals surface area contributed by atoms with Gasteiger partial charge in [0.25, 0.3) is 0 Å². The van der Waals surface area contributed by atoms with Gasteiger partial charge in [-0.1, -0.05) is 22.0 Å². The lowest BCUT2D eigenvalue weighted by molar-refractivity contribution is -0.0599. The first-order chi connectivity index (χ1) is 10.8. The highest BCUT2D eigenvalue weighted by molar-refractivity contribution is 9.10. The molecule has 1 aromatic heterocycles. The summed E-state index contributed by atoms with van der Waals surface area (Å²) in [5.41, 5.74) is 4.38. The Morgan fingerprint density at radius 2 is 2.05 bits per heavy atom. The minimum Gasteiger partial charge on any atom is -0.357 e. The Balaban J connectivity index is 1.58. The van der Waals surface area contributed by atoms with E-state index in [0.717, 1.165) is 4.47 Å². The van der Waals surface area contributed by atoms with Crippen LogP contribution in [0.1, 0.15) is 43.0 Å². The number of nitrogens with zero attached hydrogens (tertiary/aromatic N) is 2. The fraction of sp³-hybridized carbons (Fsp3) is 0.556. The number of nitrogens with one attached hydrogen (secondary N) is 1. The van der Waals surface area contributed by atoms with E-state index in [1.54, 1.807) is 5.56 Å². The zero-order valence-corrected chi connectivity index (χ0v) is 14.4. The Morgan fingerprint density at radius 3 is 3.00 bits per heavy atom. The second-order valence-electron chi connectivity index (χ2n) is 7.01. The fourth-order valence-corrected chi connectivity index (χ4v) is 5.29. The van der Waals surface area contributed by atoms with Crippen LogP contribution in [0.3, 0.4) is 0 Å². The maximum absolute atomic E-state index is 3.76. The molecule has 0 spiro atoms. The topological polar surface area (TPSA) is 22.3 Å². The molecule has 1 N–H and O–H groups in total. The van der Waals surface area contributed by atoms with E-state index < -0.39 is 0 Å². The van der Waals surface area contributed by atoms with Crippen LogP contribution in [0.15, 0.2) is 22.7 Å². The number of hydrogen-bond donors (Lipinski definition) is 1. The Hall–Kier alpha value is -0.840. The first-order valence-electron chi connectivity index (χ1n) is 8.61. The molecule has 2 atom stereocenters. The molecule has 3 aliphatic heterocycles.